The van der Waals surface area contributed by atoms with Gasteiger partial charge in [0, 0.05) is 4.88 Å². The Morgan fingerprint density at radius 3 is 2.69 bits per heavy atom. The summed E-state index contributed by atoms with van der Waals surface area (Å²) in [6.07, 6.45) is 1.43. The largest absolute Gasteiger partial charge is 0.466 e. The summed E-state index contributed by atoms with van der Waals surface area (Å²) in [5.74, 6) is -0.388. The van der Waals surface area contributed by atoms with Crippen LogP contribution in [0.2, 0.25) is 0 Å². The topological polar surface area (TPSA) is 91.7 Å². The van der Waals surface area contributed by atoms with Gasteiger partial charge in [-0.25, -0.2) is 4.79 Å². The van der Waals surface area contributed by atoms with Crippen LogP contribution in [-0.2, 0) is 15.1 Å². The Labute approximate surface area is 155 Å². The van der Waals surface area contributed by atoms with Crippen LogP contribution in [0, 0.1) is 5.92 Å². The Kier molecular flexibility index (Phi) is 4.86. The van der Waals surface area contributed by atoms with Gasteiger partial charge >= 0.3 is 6.03 Å². The maximum absolute atomic E-state index is 12.7. The molecule has 0 aliphatic carbocycles. The minimum absolute atomic E-state index is 0.167. The van der Waals surface area contributed by atoms with Gasteiger partial charge in [0.15, 0.2) is 5.54 Å². The molecule has 1 aliphatic rings. The van der Waals surface area contributed by atoms with Crippen LogP contribution < -0.4 is 10.6 Å². The van der Waals surface area contributed by atoms with Crippen molar-refractivity contribution in [3.63, 3.8) is 0 Å². The number of hydrogen-bond acceptors (Lipinski definition) is 5. The number of carbonyl (C=O) groups is 3. The maximum Gasteiger partial charge on any atom is 0.325 e. The van der Waals surface area contributed by atoms with Gasteiger partial charge in [0.05, 0.1) is 12.3 Å². The van der Waals surface area contributed by atoms with E-state index >= 15 is 0 Å². The van der Waals surface area contributed by atoms with Crippen LogP contribution in [0.5, 0.6) is 0 Å². The van der Waals surface area contributed by atoms with E-state index in [2.05, 4.69) is 10.6 Å². The first-order chi connectivity index (χ1) is 12.3. The number of nitrogens with one attached hydrogen (secondary N) is 2. The molecule has 2 N–H and O–H groups in total. The molecule has 0 aromatic carbocycles. The number of furan rings is 1. The molecule has 0 radical (unpaired) electrons. The van der Waals surface area contributed by atoms with Gasteiger partial charge in [-0.15, -0.1) is 11.3 Å². The monoisotopic (exact) mass is 375 g/mol. The fraction of sp³-hybridized carbons (Fsp3) is 0.389. The molecule has 4 amide bonds. The molecule has 26 heavy (non-hydrogen) atoms. The van der Waals surface area contributed by atoms with Crippen molar-refractivity contribution in [1.29, 1.82) is 0 Å². The van der Waals surface area contributed by atoms with Crippen LogP contribution in [0.25, 0.3) is 0 Å². The number of thiophene rings is 1. The highest BCUT2D eigenvalue weighted by Crippen LogP contribution is 2.29. The fourth-order valence-electron chi connectivity index (χ4n) is 2.97. The lowest BCUT2D eigenvalue weighted by Gasteiger charge is -2.23. The summed E-state index contributed by atoms with van der Waals surface area (Å²) >= 11 is 1.56. The molecule has 2 aromatic heterocycles. The number of nitrogens with zero attached hydrogens (tertiary/aromatic N) is 1. The van der Waals surface area contributed by atoms with E-state index in [0.717, 1.165) is 9.78 Å². The van der Waals surface area contributed by atoms with Crippen LogP contribution in [-0.4, -0.2) is 29.3 Å². The Bertz CT molecular complexity index is 801. The van der Waals surface area contributed by atoms with Crippen molar-refractivity contribution >= 4 is 29.2 Å². The first-order valence-corrected chi connectivity index (χ1v) is 9.21. The highest BCUT2D eigenvalue weighted by Gasteiger charge is 2.51. The van der Waals surface area contributed by atoms with E-state index in [-0.39, 0.29) is 24.4 Å². The second-order valence-corrected chi connectivity index (χ2v) is 7.71. The third-order valence-corrected chi connectivity index (χ3v) is 5.38. The van der Waals surface area contributed by atoms with Crippen molar-refractivity contribution in [3.8, 4) is 0 Å². The first-order valence-electron chi connectivity index (χ1n) is 8.34. The average Bonchev–Trinajstić information content (AvgIpc) is 3.32. The van der Waals surface area contributed by atoms with Crippen molar-refractivity contribution in [2.75, 3.05) is 6.54 Å². The molecular weight excluding hydrogens is 354 g/mol. The first kappa shape index (κ1) is 18.2. The molecule has 7 nitrogen and oxygen atoms in total. The molecule has 0 unspecified atom stereocenters. The van der Waals surface area contributed by atoms with Crippen molar-refractivity contribution in [2.24, 2.45) is 5.92 Å². The van der Waals surface area contributed by atoms with E-state index in [9.17, 15) is 14.4 Å². The highest BCUT2D eigenvalue weighted by atomic mass is 32.1. The third-order valence-electron chi connectivity index (χ3n) is 4.42. The number of carbonyl (C=O) groups excluding carboxylic acids is 3. The summed E-state index contributed by atoms with van der Waals surface area (Å²) in [5, 5.41) is 7.48. The lowest BCUT2D eigenvalue weighted by atomic mass is 9.99. The van der Waals surface area contributed by atoms with E-state index in [1.165, 1.54) is 6.26 Å². The summed E-state index contributed by atoms with van der Waals surface area (Å²) in [5.41, 5.74) is -1.30. The molecule has 1 saturated heterocycles. The van der Waals surface area contributed by atoms with E-state index in [4.69, 9.17) is 4.42 Å². The zero-order valence-electron chi connectivity index (χ0n) is 14.8. The van der Waals surface area contributed by atoms with Gasteiger partial charge in [0.2, 0.25) is 5.91 Å². The van der Waals surface area contributed by atoms with Gasteiger partial charge in [-0.2, -0.15) is 0 Å². The molecular formula is C18H21N3O4S. The third kappa shape index (κ3) is 3.24. The van der Waals surface area contributed by atoms with Crippen LogP contribution in [0.1, 0.15) is 37.5 Å². The van der Waals surface area contributed by atoms with E-state index in [1.54, 1.807) is 30.4 Å². The van der Waals surface area contributed by atoms with Crippen molar-refractivity contribution in [1.82, 2.24) is 15.5 Å². The van der Waals surface area contributed by atoms with Crippen molar-refractivity contribution in [3.05, 3.63) is 46.5 Å². The van der Waals surface area contributed by atoms with Gasteiger partial charge in [-0.05, 0) is 36.4 Å². The number of urea groups is 1. The molecule has 0 bridgehead atoms. The van der Waals surface area contributed by atoms with Crippen LogP contribution >= 0.6 is 11.3 Å². The minimum Gasteiger partial charge on any atom is -0.466 e. The highest BCUT2D eigenvalue weighted by molar-refractivity contribution is 7.10. The number of rotatable bonds is 6. The zero-order chi connectivity index (χ0) is 18.9. The number of hydrogen-bond donors (Lipinski definition) is 2. The average molecular weight is 375 g/mol. The smallest absolute Gasteiger partial charge is 0.325 e. The molecule has 3 heterocycles. The maximum atomic E-state index is 12.7. The summed E-state index contributed by atoms with van der Waals surface area (Å²) in [6.45, 7) is 5.24. The van der Waals surface area contributed by atoms with E-state index in [0.29, 0.717) is 5.76 Å². The summed E-state index contributed by atoms with van der Waals surface area (Å²) in [6, 6.07) is 6.36. The van der Waals surface area contributed by atoms with Gasteiger partial charge in [0.25, 0.3) is 5.91 Å². The summed E-state index contributed by atoms with van der Waals surface area (Å²) in [4.78, 5) is 39.4. The Morgan fingerprint density at radius 2 is 2.12 bits per heavy atom. The number of amides is 4. The molecule has 1 fully saturated rings. The quantitative estimate of drug-likeness (QED) is 0.759. The molecule has 1 aliphatic heterocycles. The van der Waals surface area contributed by atoms with E-state index < -0.39 is 17.5 Å². The minimum atomic E-state index is -1.30. The zero-order valence-corrected chi connectivity index (χ0v) is 15.6. The number of imide groups is 1. The lowest BCUT2D eigenvalue weighted by molar-refractivity contribution is -0.135. The second-order valence-electron chi connectivity index (χ2n) is 6.73. The molecule has 8 heteroatoms. The lowest BCUT2D eigenvalue weighted by Crippen LogP contribution is -2.44. The van der Waals surface area contributed by atoms with Gasteiger partial charge in [0.1, 0.15) is 12.3 Å². The molecule has 3 rings (SSSR count). The Balaban J connectivity index is 1.71. The fourth-order valence-corrected chi connectivity index (χ4v) is 3.92. The molecule has 2 atom stereocenters. The molecule has 0 saturated carbocycles. The Hall–Kier alpha value is -2.61. The van der Waals surface area contributed by atoms with Crippen LogP contribution in [0.15, 0.2) is 40.3 Å². The van der Waals surface area contributed by atoms with Gasteiger partial charge in [-0.1, -0.05) is 19.9 Å². The molecule has 138 valence electrons. The predicted molar refractivity (Wildman–Crippen MR) is 96.3 cm³/mol. The van der Waals surface area contributed by atoms with Gasteiger partial charge < -0.3 is 15.1 Å². The van der Waals surface area contributed by atoms with Crippen LogP contribution in [0.4, 0.5) is 4.79 Å². The SMILES string of the molecule is CC(C)[C@@H](NC(=O)CN1C(=O)N[C@](C)(c2ccco2)C1=O)c1cccs1. The standard InChI is InChI=1S/C18H21N3O4S/c1-11(2)15(12-6-5-9-26-12)19-14(22)10-21-16(23)18(3,20-17(21)24)13-7-4-8-25-13/h4-9,11,15H,10H2,1-3H3,(H,19,22)(H,20,24)/t15-,18-/m1/s1. The second kappa shape index (κ2) is 6.95. The Morgan fingerprint density at radius 1 is 1.35 bits per heavy atom. The summed E-state index contributed by atoms with van der Waals surface area (Å²) < 4.78 is 5.28. The summed E-state index contributed by atoms with van der Waals surface area (Å²) in [7, 11) is 0. The van der Waals surface area contributed by atoms with E-state index in [1.807, 2.05) is 31.4 Å². The normalized spacial score (nSPS) is 21.2. The predicted octanol–water partition coefficient (Wildman–Crippen LogP) is 2.62. The molecule has 0 spiro atoms. The molecule has 2 aromatic rings. The van der Waals surface area contributed by atoms with Gasteiger partial charge in [-0.3, -0.25) is 14.5 Å². The van der Waals surface area contributed by atoms with Crippen LogP contribution in [0.3, 0.4) is 0 Å². The van der Waals surface area contributed by atoms with Crippen molar-refractivity contribution < 1.29 is 18.8 Å². The van der Waals surface area contributed by atoms with Crippen molar-refractivity contribution in [2.45, 2.75) is 32.4 Å².